The first-order chi connectivity index (χ1) is 14.9. The SMILES string of the molecule is CS(=O)(=O)c1ccc(C(=O)Nc2cccc(-c3ccccn3)c2)c(-c2ccccc2)c1. The van der Waals surface area contributed by atoms with Crippen molar-refractivity contribution in [2.45, 2.75) is 4.90 Å². The van der Waals surface area contributed by atoms with E-state index >= 15 is 0 Å². The molecular weight excluding hydrogens is 408 g/mol. The van der Waals surface area contributed by atoms with Crippen LogP contribution in [0.15, 0.2) is 102 Å². The molecule has 0 bridgehead atoms. The molecule has 3 aromatic carbocycles. The van der Waals surface area contributed by atoms with Gasteiger partial charge < -0.3 is 5.32 Å². The fraction of sp³-hybridized carbons (Fsp3) is 0.0400. The van der Waals surface area contributed by atoms with Crippen LogP contribution in [0.4, 0.5) is 5.69 Å². The summed E-state index contributed by atoms with van der Waals surface area (Å²) >= 11 is 0. The van der Waals surface area contributed by atoms with Crippen LogP contribution in [0.5, 0.6) is 0 Å². The van der Waals surface area contributed by atoms with Gasteiger partial charge >= 0.3 is 0 Å². The zero-order valence-electron chi connectivity index (χ0n) is 16.8. The average Bonchev–Trinajstić information content (AvgIpc) is 2.79. The molecule has 154 valence electrons. The number of hydrogen-bond donors (Lipinski definition) is 1. The molecule has 0 aliphatic heterocycles. The number of anilines is 1. The lowest BCUT2D eigenvalue weighted by molar-refractivity contribution is 0.102. The van der Waals surface area contributed by atoms with Gasteiger partial charge in [0, 0.05) is 29.3 Å². The van der Waals surface area contributed by atoms with Crippen molar-refractivity contribution in [1.82, 2.24) is 4.98 Å². The van der Waals surface area contributed by atoms with Crippen molar-refractivity contribution in [3.8, 4) is 22.4 Å². The summed E-state index contributed by atoms with van der Waals surface area (Å²) in [6.07, 6.45) is 2.87. The lowest BCUT2D eigenvalue weighted by atomic mass is 9.99. The van der Waals surface area contributed by atoms with Gasteiger partial charge in [0.2, 0.25) is 0 Å². The maximum Gasteiger partial charge on any atom is 0.256 e. The number of carbonyl (C=O) groups is 1. The first kappa shape index (κ1) is 20.5. The molecule has 1 N–H and O–H groups in total. The Morgan fingerprint density at radius 3 is 2.26 bits per heavy atom. The highest BCUT2D eigenvalue weighted by Gasteiger charge is 2.17. The summed E-state index contributed by atoms with van der Waals surface area (Å²) < 4.78 is 24.1. The van der Waals surface area contributed by atoms with E-state index in [9.17, 15) is 13.2 Å². The molecule has 0 fully saturated rings. The fourth-order valence-electron chi connectivity index (χ4n) is 3.30. The van der Waals surface area contributed by atoms with Gasteiger partial charge in [0.25, 0.3) is 5.91 Å². The number of amides is 1. The third kappa shape index (κ3) is 4.70. The highest BCUT2D eigenvalue weighted by atomic mass is 32.2. The number of sulfone groups is 1. The number of hydrogen-bond acceptors (Lipinski definition) is 4. The summed E-state index contributed by atoms with van der Waals surface area (Å²) in [4.78, 5) is 17.7. The van der Waals surface area contributed by atoms with Crippen LogP contribution in [0, 0.1) is 0 Å². The summed E-state index contributed by atoms with van der Waals surface area (Å²) in [7, 11) is -3.41. The van der Waals surface area contributed by atoms with Crippen LogP contribution in [0.3, 0.4) is 0 Å². The van der Waals surface area contributed by atoms with Crippen LogP contribution in [-0.2, 0) is 9.84 Å². The number of aromatic nitrogens is 1. The smallest absolute Gasteiger partial charge is 0.256 e. The monoisotopic (exact) mass is 428 g/mol. The molecule has 0 aliphatic carbocycles. The van der Waals surface area contributed by atoms with E-state index in [-0.39, 0.29) is 10.8 Å². The van der Waals surface area contributed by atoms with Gasteiger partial charge in [-0.3, -0.25) is 9.78 Å². The van der Waals surface area contributed by atoms with E-state index in [2.05, 4.69) is 10.3 Å². The van der Waals surface area contributed by atoms with E-state index in [0.717, 1.165) is 23.1 Å². The maximum absolute atomic E-state index is 13.1. The molecule has 0 unspecified atom stereocenters. The molecule has 1 amide bonds. The standard InChI is InChI=1S/C25H20N2O3S/c1-31(29,30)21-13-14-22(23(17-21)18-8-3-2-4-9-18)25(28)27-20-11-7-10-19(16-20)24-12-5-6-15-26-24/h2-17H,1H3,(H,27,28). The molecule has 0 atom stereocenters. The van der Waals surface area contributed by atoms with Crippen LogP contribution >= 0.6 is 0 Å². The molecule has 1 heterocycles. The predicted octanol–water partition coefficient (Wildman–Crippen LogP) is 5.07. The summed E-state index contributed by atoms with van der Waals surface area (Å²) in [5.41, 5.74) is 4.03. The fourth-order valence-corrected chi connectivity index (χ4v) is 3.94. The van der Waals surface area contributed by atoms with Crippen LogP contribution < -0.4 is 5.32 Å². The Labute approximate surface area is 181 Å². The van der Waals surface area contributed by atoms with E-state index in [0.29, 0.717) is 16.8 Å². The summed E-state index contributed by atoms with van der Waals surface area (Å²) in [5, 5.41) is 2.92. The van der Waals surface area contributed by atoms with E-state index in [4.69, 9.17) is 0 Å². The lowest BCUT2D eigenvalue weighted by Crippen LogP contribution is -2.14. The predicted molar refractivity (Wildman–Crippen MR) is 123 cm³/mol. The van der Waals surface area contributed by atoms with Crippen LogP contribution in [-0.4, -0.2) is 25.6 Å². The van der Waals surface area contributed by atoms with E-state index in [1.165, 1.54) is 6.07 Å². The van der Waals surface area contributed by atoms with Gasteiger partial charge in [-0.25, -0.2) is 8.42 Å². The molecule has 1 aromatic heterocycles. The Morgan fingerprint density at radius 2 is 1.55 bits per heavy atom. The quantitative estimate of drug-likeness (QED) is 0.481. The summed E-state index contributed by atoms with van der Waals surface area (Å²) in [6.45, 7) is 0. The normalized spacial score (nSPS) is 11.1. The summed E-state index contributed by atoms with van der Waals surface area (Å²) in [6, 6.07) is 26.9. The Bertz CT molecular complexity index is 1340. The molecule has 0 saturated heterocycles. The number of nitrogens with zero attached hydrogens (tertiary/aromatic N) is 1. The molecule has 0 spiro atoms. The molecule has 6 heteroatoms. The topological polar surface area (TPSA) is 76.1 Å². The molecule has 0 saturated carbocycles. The second-order valence-electron chi connectivity index (χ2n) is 7.10. The minimum atomic E-state index is -3.41. The third-order valence-electron chi connectivity index (χ3n) is 4.83. The zero-order valence-corrected chi connectivity index (χ0v) is 17.6. The van der Waals surface area contributed by atoms with Gasteiger partial charge in [-0.15, -0.1) is 0 Å². The molecule has 0 aliphatic rings. The minimum absolute atomic E-state index is 0.167. The average molecular weight is 429 g/mol. The Kier molecular flexibility index (Phi) is 5.64. The van der Waals surface area contributed by atoms with Crippen molar-refractivity contribution in [1.29, 1.82) is 0 Å². The van der Waals surface area contributed by atoms with Gasteiger partial charge in [0.15, 0.2) is 9.84 Å². The third-order valence-corrected chi connectivity index (χ3v) is 5.94. The minimum Gasteiger partial charge on any atom is -0.322 e. The van der Waals surface area contributed by atoms with Crippen LogP contribution in [0.25, 0.3) is 22.4 Å². The molecule has 5 nitrogen and oxygen atoms in total. The number of nitrogens with one attached hydrogen (secondary N) is 1. The van der Waals surface area contributed by atoms with Crippen molar-refractivity contribution >= 4 is 21.4 Å². The van der Waals surface area contributed by atoms with E-state index in [1.54, 1.807) is 24.4 Å². The molecule has 4 rings (SSSR count). The number of pyridine rings is 1. The second-order valence-corrected chi connectivity index (χ2v) is 9.11. The van der Waals surface area contributed by atoms with Crippen molar-refractivity contribution in [3.05, 3.63) is 103 Å². The van der Waals surface area contributed by atoms with Crippen molar-refractivity contribution in [2.75, 3.05) is 11.6 Å². The van der Waals surface area contributed by atoms with Gasteiger partial charge in [0.1, 0.15) is 0 Å². The first-order valence-corrected chi connectivity index (χ1v) is 11.5. The van der Waals surface area contributed by atoms with Crippen molar-refractivity contribution < 1.29 is 13.2 Å². The van der Waals surface area contributed by atoms with E-state index in [1.807, 2.05) is 66.7 Å². The number of carbonyl (C=O) groups excluding carboxylic acids is 1. The first-order valence-electron chi connectivity index (χ1n) is 9.64. The Morgan fingerprint density at radius 1 is 0.806 bits per heavy atom. The number of rotatable bonds is 5. The lowest BCUT2D eigenvalue weighted by Gasteiger charge is -2.13. The molecular formula is C25H20N2O3S. The Balaban J connectivity index is 1.71. The molecule has 31 heavy (non-hydrogen) atoms. The van der Waals surface area contributed by atoms with Crippen LogP contribution in [0.2, 0.25) is 0 Å². The summed E-state index contributed by atoms with van der Waals surface area (Å²) in [5.74, 6) is -0.322. The molecule has 4 aromatic rings. The Hall–Kier alpha value is -3.77. The van der Waals surface area contributed by atoms with Crippen molar-refractivity contribution in [3.63, 3.8) is 0 Å². The van der Waals surface area contributed by atoms with Crippen molar-refractivity contribution in [2.24, 2.45) is 0 Å². The second kappa shape index (κ2) is 8.53. The largest absolute Gasteiger partial charge is 0.322 e. The maximum atomic E-state index is 13.1. The van der Waals surface area contributed by atoms with Crippen LogP contribution in [0.1, 0.15) is 10.4 Å². The van der Waals surface area contributed by atoms with E-state index < -0.39 is 9.84 Å². The van der Waals surface area contributed by atoms with Gasteiger partial charge in [0.05, 0.1) is 10.6 Å². The van der Waals surface area contributed by atoms with Gasteiger partial charge in [-0.1, -0.05) is 48.5 Å². The number of benzene rings is 3. The zero-order chi connectivity index (χ0) is 21.8. The highest BCUT2D eigenvalue weighted by Crippen LogP contribution is 2.28. The highest BCUT2D eigenvalue weighted by molar-refractivity contribution is 7.90. The van der Waals surface area contributed by atoms with Gasteiger partial charge in [-0.2, -0.15) is 0 Å². The molecule has 0 radical (unpaired) electrons. The van der Waals surface area contributed by atoms with Gasteiger partial charge in [-0.05, 0) is 53.6 Å².